The number of para-hydroxylation sites is 1. The molecule has 0 aromatic heterocycles. The first kappa shape index (κ1) is 10.7. The van der Waals surface area contributed by atoms with E-state index in [-0.39, 0.29) is 24.5 Å². The molecular weight excluding hydrogens is 206 g/mol. The number of hydrogen-bond acceptors (Lipinski definition) is 3. The molecule has 4 heteroatoms. The van der Waals surface area contributed by atoms with Crippen molar-refractivity contribution in [2.24, 2.45) is 0 Å². The van der Waals surface area contributed by atoms with Crippen LogP contribution in [0.2, 0.25) is 0 Å². The van der Waals surface area contributed by atoms with E-state index in [2.05, 4.69) is 5.32 Å². The van der Waals surface area contributed by atoms with Crippen molar-refractivity contribution in [2.45, 2.75) is 18.8 Å². The maximum Gasteiger partial charge on any atom is 0.303 e. The number of carboxylic acid groups (broad SMARTS) is 1. The number of aliphatic carboxylic acids is 1. The smallest absolute Gasteiger partial charge is 0.303 e. The molecule has 0 saturated heterocycles. The Labute approximate surface area is 93.3 Å². The largest absolute Gasteiger partial charge is 0.481 e. The van der Waals surface area contributed by atoms with Gasteiger partial charge in [-0.1, -0.05) is 18.2 Å². The van der Waals surface area contributed by atoms with Gasteiger partial charge in [-0.25, -0.2) is 0 Å². The van der Waals surface area contributed by atoms with Crippen LogP contribution in [0.5, 0.6) is 0 Å². The minimum Gasteiger partial charge on any atom is -0.481 e. The van der Waals surface area contributed by atoms with Crippen LogP contribution in [0, 0.1) is 0 Å². The molecule has 0 saturated carbocycles. The van der Waals surface area contributed by atoms with Crippen molar-refractivity contribution in [1.82, 2.24) is 0 Å². The van der Waals surface area contributed by atoms with Gasteiger partial charge in [-0.3, -0.25) is 9.59 Å². The monoisotopic (exact) mass is 219 g/mol. The maximum absolute atomic E-state index is 11.8. The molecule has 16 heavy (non-hydrogen) atoms. The Morgan fingerprint density at radius 1 is 1.31 bits per heavy atom. The standard InChI is InChI=1S/C12H13NO3/c14-11(5-6-12(15)16)9-7-13-10-4-2-1-3-8(9)10/h1-4,9,13H,5-7H2,(H,15,16)/t9-/m0/s1. The highest BCUT2D eigenvalue weighted by molar-refractivity contribution is 5.91. The van der Waals surface area contributed by atoms with Crippen LogP contribution >= 0.6 is 0 Å². The first-order valence-corrected chi connectivity index (χ1v) is 5.26. The lowest BCUT2D eigenvalue weighted by molar-refractivity contribution is -0.138. The third-order valence-electron chi connectivity index (χ3n) is 2.81. The van der Waals surface area contributed by atoms with Crippen LogP contribution in [0.25, 0.3) is 0 Å². The predicted octanol–water partition coefficient (Wildman–Crippen LogP) is 1.63. The quantitative estimate of drug-likeness (QED) is 0.807. The first-order valence-electron chi connectivity index (χ1n) is 5.26. The molecule has 1 aromatic carbocycles. The Balaban J connectivity index is 2.07. The summed E-state index contributed by atoms with van der Waals surface area (Å²) in [7, 11) is 0. The van der Waals surface area contributed by atoms with Crippen molar-refractivity contribution >= 4 is 17.4 Å². The molecule has 84 valence electrons. The zero-order valence-corrected chi connectivity index (χ0v) is 8.77. The molecule has 0 aliphatic carbocycles. The van der Waals surface area contributed by atoms with Gasteiger partial charge in [0.2, 0.25) is 0 Å². The molecule has 1 aromatic rings. The number of benzene rings is 1. The molecule has 0 amide bonds. The normalized spacial score (nSPS) is 17.6. The Bertz CT molecular complexity index is 428. The molecule has 2 N–H and O–H groups in total. The zero-order chi connectivity index (χ0) is 11.5. The summed E-state index contributed by atoms with van der Waals surface area (Å²) < 4.78 is 0. The van der Waals surface area contributed by atoms with Gasteiger partial charge in [0.25, 0.3) is 0 Å². The summed E-state index contributed by atoms with van der Waals surface area (Å²) in [6.07, 6.45) is 0.0213. The molecule has 1 atom stereocenters. The minimum atomic E-state index is -0.924. The van der Waals surface area contributed by atoms with Gasteiger partial charge in [-0.2, -0.15) is 0 Å². The second-order valence-electron chi connectivity index (χ2n) is 3.88. The number of carbonyl (C=O) groups excluding carboxylic acids is 1. The van der Waals surface area contributed by atoms with E-state index in [1.165, 1.54) is 0 Å². The fourth-order valence-corrected chi connectivity index (χ4v) is 1.98. The number of rotatable bonds is 4. The predicted molar refractivity (Wildman–Crippen MR) is 59.5 cm³/mol. The number of ketones is 1. The van der Waals surface area contributed by atoms with Crippen LogP contribution in [0.1, 0.15) is 24.3 Å². The van der Waals surface area contributed by atoms with Gasteiger partial charge in [0.15, 0.2) is 0 Å². The summed E-state index contributed by atoms with van der Waals surface area (Å²) in [6.45, 7) is 0.581. The van der Waals surface area contributed by atoms with Crippen molar-refractivity contribution in [3.63, 3.8) is 0 Å². The highest BCUT2D eigenvalue weighted by Gasteiger charge is 2.27. The average Bonchev–Trinajstić information content (AvgIpc) is 2.69. The van der Waals surface area contributed by atoms with Crippen molar-refractivity contribution in [2.75, 3.05) is 11.9 Å². The second-order valence-corrected chi connectivity index (χ2v) is 3.88. The molecule has 1 aliphatic rings. The number of nitrogens with one attached hydrogen (secondary N) is 1. The van der Waals surface area contributed by atoms with E-state index < -0.39 is 5.97 Å². The summed E-state index contributed by atoms with van der Waals surface area (Å²) in [5, 5.41) is 11.7. The van der Waals surface area contributed by atoms with Crippen molar-refractivity contribution < 1.29 is 14.7 Å². The Morgan fingerprint density at radius 3 is 2.81 bits per heavy atom. The van der Waals surface area contributed by atoms with E-state index in [9.17, 15) is 9.59 Å². The minimum absolute atomic E-state index is 0.000139. The van der Waals surface area contributed by atoms with Crippen molar-refractivity contribution in [1.29, 1.82) is 0 Å². The SMILES string of the molecule is O=C(O)CCC(=O)[C@H]1CNc2ccccc21. The number of hydrogen-bond donors (Lipinski definition) is 2. The number of fused-ring (bicyclic) bond motifs is 1. The summed E-state index contributed by atoms with van der Waals surface area (Å²) in [5.74, 6) is -1.11. The van der Waals surface area contributed by atoms with Crippen LogP contribution in [0.4, 0.5) is 5.69 Å². The van der Waals surface area contributed by atoms with Gasteiger partial charge in [0, 0.05) is 18.7 Å². The van der Waals surface area contributed by atoms with Gasteiger partial charge in [0.1, 0.15) is 5.78 Å². The van der Waals surface area contributed by atoms with Gasteiger partial charge in [-0.05, 0) is 11.6 Å². The lowest BCUT2D eigenvalue weighted by atomic mass is 9.94. The van der Waals surface area contributed by atoms with Crippen molar-refractivity contribution in [3.8, 4) is 0 Å². The molecular formula is C12H13NO3. The molecule has 0 spiro atoms. The summed E-state index contributed by atoms with van der Waals surface area (Å²) >= 11 is 0. The fraction of sp³-hybridized carbons (Fsp3) is 0.333. The lowest BCUT2D eigenvalue weighted by Gasteiger charge is -2.07. The highest BCUT2D eigenvalue weighted by Crippen LogP contribution is 2.32. The van der Waals surface area contributed by atoms with E-state index in [1.54, 1.807) is 0 Å². The van der Waals surface area contributed by atoms with E-state index in [4.69, 9.17) is 5.11 Å². The molecule has 0 fully saturated rings. The zero-order valence-electron chi connectivity index (χ0n) is 8.77. The number of anilines is 1. The van der Waals surface area contributed by atoms with Gasteiger partial charge < -0.3 is 10.4 Å². The van der Waals surface area contributed by atoms with Crippen LogP contribution < -0.4 is 5.32 Å². The van der Waals surface area contributed by atoms with Crippen LogP contribution in [-0.2, 0) is 9.59 Å². The van der Waals surface area contributed by atoms with E-state index in [0.717, 1.165) is 11.3 Å². The number of Topliss-reactive ketones (excluding diaryl/α,β-unsaturated/α-hetero) is 1. The van der Waals surface area contributed by atoms with E-state index in [1.807, 2.05) is 24.3 Å². The van der Waals surface area contributed by atoms with E-state index >= 15 is 0 Å². The maximum atomic E-state index is 11.8. The lowest BCUT2D eigenvalue weighted by Crippen LogP contribution is -2.15. The first-order chi connectivity index (χ1) is 7.68. The third kappa shape index (κ3) is 2.05. The van der Waals surface area contributed by atoms with Gasteiger partial charge in [-0.15, -0.1) is 0 Å². The molecule has 1 aliphatic heterocycles. The molecule has 0 radical (unpaired) electrons. The van der Waals surface area contributed by atoms with Crippen LogP contribution in [0.15, 0.2) is 24.3 Å². The van der Waals surface area contributed by atoms with Crippen molar-refractivity contribution in [3.05, 3.63) is 29.8 Å². The molecule has 0 unspecified atom stereocenters. The summed E-state index contributed by atoms with van der Waals surface area (Å²) in [4.78, 5) is 22.2. The van der Waals surface area contributed by atoms with E-state index in [0.29, 0.717) is 6.54 Å². The number of carboxylic acids is 1. The molecule has 2 rings (SSSR count). The van der Waals surface area contributed by atoms with Gasteiger partial charge in [0.05, 0.1) is 12.3 Å². The van der Waals surface area contributed by atoms with Crippen LogP contribution in [0.3, 0.4) is 0 Å². The number of carbonyl (C=O) groups is 2. The fourth-order valence-electron chi connectivity index (χ4n) is 1.98. The second kappa shape index (κ2) is 4.35. The topological polar surface area (TPSA) is 66.4 Å². The average molecular weight is 219 g/mol. The molecule has 4 nitrogen and oxygen atoms in total. The summed E-state index contributed by atoms with van der Waals surface area (Å²) in [5.41, 5.74) is 1.97. The van der Waals surface area contributed by atoms with Crippen LogP contribution in [-0.4, -0.2) is 23.4 Å². The Hall–Kier alpha value is -1.84. The van der Waals surface area contributed by atoms with Gasteiger partial charge >= 0.3 is 5.97 Å². The Morgan fingerprint density at radius 2 is 2.06 bits per heavy atom. The summed E-state index contributed by atoms with van der Waals surface area (Å²) in [6, 6.07) is 7.65. The molecule has 0 bridgehead atoms. The molecule has 1 heterocycles. The third-order valence-corrected chi connectivity index (χ3v) is 2.81. The Kier molecular flexibility index (Phi) is 2.90. The highest BCUT2D eigenvalue weighted by atomic mass is 16.4.